The molecule has 2 rings (SSSR count). The molecule has 0 aliphatic carbocycles. The summed E-state index contributed by atoms with van der Waals surface area (Å²) in [4.78, 5) is 4.42. The van der Waals surface area contributed by atoms with Gasteiger partial charge in [-0.15, -0.1) is 0 Å². The van der Waals surface area contributed by atoms with E-state index < -0.39 is 10.0 Å². The number of hydrogen-bond donors (Lipinski definition) is 2. The van der Waals surface area contributed by atoms with E-state index in [1.165, 1.54) is 5.56 Å². The van der Waals surface area contributed by atoms with Crippen LogP contribution in [-0.4, -0.2) is 39.5 Å². The lowest BCUT2D eigenvalue weighted by Crippen LogP contribution is -2.32. The van der Waals surface area contributed by atoms with Crippen molar-refractivity contribution in [1.29, 1.82) is 0 Å². The van der Waals surface area contributed by atoms with E-state index in [4.69, 9.17) is 0 Å². The van der Waals surface area contributed by atoms with Crippen molar-refractivity contribution in [2.24, 2.45) is 4.99 Å². The van der Waals surface area contributed by atoms with Crippen molar-refractivity contribution in [3.63, 3.8) is 0 Å². The fourth-order valence-corrected chi connectivity index (χ4v) is 3.24. The monoisotopic (exact) mass is 299 g/mol. The maximum absolute atomic E-state index is 10.9. The largest absolute Gasteiger partial charge is 0.364 e. The van der Waals surface area contributed by atoms with Gasteiger partial charge in [0.1, 0.15) is 0 Å². The Kier molecular flexibility index (Phi) is 4.84. The normalized spacial score (nSPS) is 19.2. The molecule has 2 N–H and O–H groups in total. The van der Waals surface area contributed by atoms with Crippen molar-refractivity contribution in [1.82, 2.24) is 10.0 Å². The smallest absolute Gasteiger partial charge is 0.208 e. The minimum atomic E-state index is -3.11. The Morgan fingerprint density at radius 2 is 2.05 bits per heavy atom. The molecular formula is C12H17N3O2S2. The number of sulfonamides is 1. The van der Waals surface area contributed by atoms with E-state index in [2.05, 4.69) is 27.2 Å². The minimum absolute atomic E-state index is 0.353. The Morgan fingerprint density at radius 3 is 2.74 bits per heavy atom. The lowest BCUT2D eigenvalue weighted by Gasteiger charge is -2.09. The predicted octanol–water partition coefficient (Wildman–Crippen LogP) is 0.969. The van der Waals surface area contributed by atoms with Gasteiger partial charge in [0.25, 0.3) is 0 Å². The summed E-state index contributed by atoms with van der Waals surface area (Å²) in [6.45, 7) is 1.67. The van der Waals surface area contributed by atoms with Gasteiger partial charge >= 0.3 is 0 Å². The molecule has 1 aromatic rings. The van der Waals surface area contributed by atoms with Crippen LogP contribution in [0.25, 0.3) is 0 Å². The molecule has 0 saturated carbocycles. The number of aliphatic imine (C=N–C) groups is 1. The molecule has 7 heteroatoms. The summed E-state index contributed by atoms with van der Waals surface area (Å²) in [5.74, 6) is 0. The van der Waals surface area contributed by atoms with Crippen LogP contribution in [0.3, 0.4) is 0 Å². The third-order valence-electron chi connectivity index (χ3n) is 2.59. The number of nitrogens with zero attached hydrogens (tertiary/aromatic N) is 1. The average molecular weight is 299 g/mol. The van der Waals surface area contributed by atoms with Crippen molar-refractivity contribution in [3.05, 3.63) is 35.9 Å². The molecular weight excluding hydrogens is 282 g/mol. The van der Waals surface area contributed by atoms with Crippen LogP contribution in [0.1, 0.15) is 10.8 Å². The Morgan fingerprint density at radius 1 is 1.32 bits per heavy atom. The number of nitrogens with one attached hydrogen (secondary N) is 2. The van der Waals surface area contributed by atoms with Gasteiger partial charge in [-0.05, 0) is 5.56 Å². The third kappa shape index (κ3) is 4.85. The van der Waals surface area contributed by atoms with Crippen molar-refractivity contribution in [2.45, 2.75) is 5.25 Å². The second kappa shape index (κ2) is 6.40. The first kappa shape index (κ1) is 14.4. The zero-order valence-electron chi connectivity index (χ0n) is 10.7. The lowest BCUT2D eigenvalue weighted by atomic mass is 10.1. The molecule has 1 heterocycles. The van der Waals surface area contributed by atoms with Crippen LogP contribution in [0.5, 0.6) is 0 Å². The highest BCUT2D eigenvalue weighted by Crippen LogP contribution is 2.33. The van der Waals surface area contributed by atoms with Crippen LogP contribution in [0, 0.1) is 0 Å². The van der Waals surface area contributed by atoms with Crippen LogP contribution < -0.4 is 10.0 Å². The molecule has 0 amide bonds. The second-order valence-electron chi connectivity index (χ2n) is 4.26. The molecule has 5 nitrogen and oxygen atoms in total. The standard InChI is InChI=1S/C12H17N3O2S2/c1-19(16,17)15-8-7-13-12-14-9-11(18-12)10-5-3-2-4-6-10/h2-6,11,15H,7-9H2,1H3,(H,13,14). The Bertz CT molecular complexity index is 543. The molecule has 1 unspecified atom stereocenters. The van der Waals surface area contributed by atoms with Gasteiger partial charge in [-0.1, -0.05) is 42.1 Å². The highest BCUT2D eigenvalue weighted by molar-refractivity contribution is 8.14. The third-order valence-corrected chi connectivity index (χ3v) is 4.52. The topological polar surface area (TPSA) is 70.6 Å². The van der Waals surface area contributed by atoms with Gasteiger partial charge in [0.15, 0.2) is 5.17 Å². The van der Waals surface area contributed by atoms with E-state index in [0.29, 0.717) is 18.3 Å². The molecule has 104 valence electrons. The van der Waals surface area contributed by atoms with Crippen LogP contribution in [0.2, 0.25) is 0 Å². The SMILES string of the molecule is CS(=O)(=O)NCCNC1=NCC(c2ccccc2)S1. The van der Waals surface area contributed by atoms with Gasteiger partial charge in [-0.25, -0.2) is 13.1 Å². The van der Waals surface area contributed by atoms with Crippen molar-refractivity contribution in [3.8, 4) is 0 Å². The molecule has 0 fully saturated rings. The average Bonchev–Trinajstić information content (AvgIpc) is 2.83. The maximum atomic E-state index is 10.9. The summed E-state index contributed by atoms with van der Waals surface area (Å²) < 4.78 is 24.2. The molecule has 1 aliphatic rings. The van der Waals surface area contributed by atoms with E-state index in [1.807, 2.05) is 18.2 Å². The van der Waals surface area contributed by atoms with Gasteiger partial charge < -0.3 is 5.32 Å². The zero-order chi connectivity index (χ0) is 13.7. The number of benzene rings is 1. The molecule has 0 bridgehead atoms. The van der Waals surface area contributed by atoms with Crippen LogP contribution in [0.4, 0.5) is 0 Å². The zero-order valence-corrected chi connectivity index (χ0v) is 12.3. The van der Waals surface area contributed by atoms with Gasteiger partial charge in [-0.2, -0.15) is 0 Å². The van der Waals surface area contributed by atoms with Gasteiger partial charge in [0.05, 0.1) is 18.1 Å². The minimum Gasteiger partial charge on any atom is -0.364 e. The van der Waals surface area contributed by atoms with E-state index >= 15 is 0 Å². The maximum Gasteiger partial charge on any atom is 0.208 e. The van der Waals surface area contributed by atoms with E-state index in [9.17, 15) is 8.42 Å². The van der Waals surface area contributed by atoms with E-state index in [1.54, 1.807) is 11.8 Å². The summed E-state index contributed by atoms with van der Waals surface area (Å²) in [5.41, 5.74) is 1.27. The first-order valence-electron chi connectivity index (χ1n) is 5.99. The van der Waals surface area contributed by atoms with Gasteiger partial charge in [0, 0.05) is 13.1 Å². The summed E-state index contributed by atoms with van der Waals surface area (Å²) in [7, 11) is -3.11. The molecule has 0 radical (unpaired) electrons. The van der Waals surface area contributed by atoms with Crippen LogP contribution in [0.15, 0.2) is 35.3 Å². The Labute approximate surface area is 117 Å². The summed E-state index contributed by atoms with van der Waals surface area (Å²) in [5, 5.41) is 4.37. The molecule has 1 aromatic carbocycles. The molecule has 19 heavy (non-hydrogen) atoms. The number of thioether (sulfide) groups is 1. The molecule has 1 aliphatic heterocycles. The first-order chi connectivity index (χ1) is 9.04. The Hall–Kier alpha value is -1.05. The lowest BCUT2D eigenvalue weighted by molar-refractivity contribution is 0.587. The molecule has 0 spiro atoms. The summed E-state index contributed by atoms with van der Waals surface area (Å²) in [6, 6.07) is 10.2. The van der Waals surface area contributed by atoms with Gasteiger partial charge in [-0.3, -0.25) is 4.99 Å². The van der Waals surface area contributed by atoms with Crippen molar-refractivity contribution in [2.75, 3.05) is 25.9 Å². The van der Waals surface area contributed by atoms with Crippen molar-refractivity contribution < 1.29 is 8.42 Å². The van der Waals surface area contributed by atoms with Gasteiger partial charge in [0.2, 0.25) is 10.0 Å². The molecule has 0 aromatic heterocycles. The Balaban J connectivity index is 1.73. The highest BCUT2D eigenvalue weighted by Gasteiger charge is 2.20. The fourth-order valence-electron chi connectivity index (χ4n) is 1.72. The predicted molar refractivity (Wildman–Crippen MR) is 79.9 cm³/mol. The van der Waals surface area contributed by atoms with E-state index in [0.717, 1.165) is 18.0 Å². The quantitative estimate of drug-likeness (QED) is 0.795. The molecule has 1 atom stereocenters. The summed E-state index contributed by atoms with van der Waals surface area (Å²) in [6.07, 6.45) is 1.15. The fraction of sp³-hybridized carbons (Fsp3) is 0.417. The summed E-state index contributed by atoms with van der Waals surface area (Å²) >= 11 is 1.68. The number of hydrogen-bond acceptors (Lipinski definition) is 5. The van der Waals surface area contributed by atoms with Crippen LogP contribution in [-0.2, 0) is 10.0 Å². The van der Waals surface area contributed by atoms with Crippen LogP contribution >= 0.6 is 11.8 Å². The van der Waals surface area contributed by atoms with Crippen molar-refractivity contribution >= 4 is 27.0 Å². The first-order valence-corrected chi connectivity index (χ1v) is 8.76. The van der Waals surface area contributed by atoms with E-state index in [-0.39, 0.29) is 0 Å². The number of rotatable bonds is 5. The number of amidine groups is 1. The second-order valence-corrected chi connectivity index (χ2v) is 7.28. The highest BCUT2D eigenvalue weighted by atomic mass is 32.2. The molecule has 0 saturated heterocycles.